The number of aliphatic hydroxyl groups excluding tert-OH is 1. The van der Waals surface area contributed by atoms with Crippen LogP contribution in [-0.4, -0.2) is 72.1 Å². The molecule has 2 N–H and O–H groups in total. The van der Waals surface area contributed by atoms with Crippen LogP contribution in [-0.2, 0) is 20.8 Å². The largest absolute Gasteiger partial charge is 0.389 e. The Hall–Kier alpha value is -1.54. The molecule has 2 fully saturated rings. The first kappa shape index (κ1) is 18.3. The van der Waals surface area contributed by atoms with E-state index in [9.17, 15) is 9.90 Å². The minimum absolute atomic E-state index is 0.000670. The lowest BCUT2D eigenvalue weighted by Crippen LogP contribution is -2.55. The van der Waals surface area contributed by atoms with Gasteiger partial charge in [-0.25, -0.2) is 0 Å². The Balaban J connectivity index is 1.69. The van der Waals surface area contributed by atoms with Crippen LogP contribution in [0.5, 0.6) is 0 Å². The van der Waals surface area contributed by atoms with Gasteiger partial charge in [0.1, 0.15) is 0 Å². The number of hydrogen-bond donors (Lipinski definition) is 2. The molecule has 2 aliphatic rings. The zero-order valence-corrected chi connectivity index (χ0v) is 14.6. The van der Waals surface area contributed by atoms with Crippen LogP contribution in [0, 0.1) is 0 Å². The molecule has 0 saturated carbocycles. The zero-order chi connectivity index (χ0) is 17.6. The minimum Gasteiger partial charge on any atom is -0.389 e. The van der Waals surface area contributed by atoms with Crippen molar-refractivity contribution in [1.82, 2.24) is 15.2 Å². The van der Waals surface area contributed by atoms with E-state index in [1.54, 1.807) is 19.4 Å². The Bertz CT molecular complexity index is 557. The normalized spacial score (nSPS) is 30.8. The minimum atomic E-state index is -0.508. The molecule has 4 atom stereocenters. The molecule has 25 heavy (non-hydrogen) atoms. The number of fused-ring (bicyclic) bond motifs is 1. The highest BCUT2D eigenvalue weighted by Crippen LogP contribution is 2.28. The van der Waals surface area contributed by atoms with Crippen molar-refractivity contribution in [3.05, 3.63) is 30.1 Å². The average Bonchev–Trinajstić information content (AvgIpc) is 2.61. The van der Waals surface area contributed by atoms with Gasteiger partial charge in [0, 0.05) is 38.6 Å². The number of ether oxygens (including phenoxy) is 2. The number of carbonyl (C=O) groups excluding carboxylic acids is 1. The summed E-state index contributed by atoms with van der Waals surface area (Å²) in [5.41, 5.74) is 1.16. The van der Waals surface area contributed by atoms with Crippen LogP contribution in [0.1, 0.15) is 24.8 Å². The SMILES string of the molecule is CNC(=O)C[C@H]1CC[C@H]2[C@@H](COC[C@@H](O)CN2Cc2ccncc2)O1. The molecule has 138 valence electrons. The van der Waals surface area contributed by atoms with Crippen molar-refractivity contribution in [2.45, 2.75) is 50.2 Å². The average molecular weight is 349 g/mol. The summed E-state index contributed by atoms with van der Waals surface area (Å²) in [6.07, 6.45) is 5.04. The van der Waals surface area contributed by atoms with Crippen LogP contribution in [0.25, 0.3) is 0 Å². The third kappa shape index (κ3) is 4.98. The number of nitrogens with zero attached hydrogens (tertiary/aromatic N) is 2. The molecule has 3 heterocycles. The number of aliphatic hydroxyl groups is 1. The fourth-order valence-corrected chi connectivity index (χ4v) is 3.66. The Kier molecular flexibility index (Phi) is 6.36. The van der Waals surface area contributed by atoms with Gasteiger partial charge in [0.15, 0.2) is 0 Å². The topological polar surface area (TPSA) is 83.9 Å². The molecule has 2 aliphatic heterocycles. The molecule has 1 aromatic heterocycles. The fourth-order valence-electron chi connectivity index (χ4n) is 3.66. The van der Waals surface area contributed by atoms with Crippen molar-refractivity contribution in [2.75, 3.05) is 26.8 Å². The third-order valence-electron chi connectivity index (χ3n) is 4.91. The van der Waals surface area contributed by atoms with Crippen molar-refractivity contribution in [3.8, 4) is 0 Å². The number of carbonyl (C=O) groups is 1. The van der Waals surface area contributed by atoms with Gasteiger partial charge in [-0.2, -0.15) is 0 Å². The van der Waals surface area contributed by atoms with E-state index in [4.69, 9.17) is 9.47 Å². The molecule has 7 heteroatoms. The molecule has 2 saturated heterocycles. The molecular formula is C18H27N3O4. The second-order valence-corrected chi connectivity index (χ2v) is 6.79. The Morgan fingerprint density at radius 1 is 1.36 bits per heavy atom. The zero-order valence-electron chi connectivity index (χ0n) is 14.6. The Morgan fingerprint density at radius 2 is 2.16 bits per heavy atom. The molecule has 0 aliphatic carbocycles. The maximum atomic E-state index is 11.6. The first-order valence-corrected chi connectivity index (χ1v) is 8.90. The third-order valence-corrected chi connectivity index (χ3v) is 4.91. The highest BCUT2D eigenvalue weighted by atomic mass is 16.5. The Labute approximate surface area is 148 Å². The van der Waals surface area contributed by atoms with Crippen LogP contribution in [0.15, 0.2) is 24.5 Å². The second kappa shape index (κ2) is 8.71. The maximum absolute atomic E-state index is 11.6. The van der Waals surface area contributed by atoms with Crippen LogP contribution >= 0.6 is 0 Å². The summed E-state index contributed by atoms with van der Waals surface area (Å²) in [4.78, 5) is 18.0. The van der Waals surface area contributed by atoms with Crippen molar-refractivity contribution < 1.29 is 19.4 Å². The summed E-state index contributed by atoms with van der Waals surface area (Å²) >= 11 is 0. The van der Waals surface area contributed by atoms with E-state index in [-0.39, 0.29) is 24.2 Å². The van der Waals surface area contributed by atoms with Gasteiger partial charge in [-0.3, -0.25) is 14.7 Å². The predicted molar refractivity (Wildman–Crippen MR) is 91.8 cm³/mol. The predicted octanol–water partition coefficient (Wildman–Crippen LogP) is 0.327. The number of rotatable bonds is 4. The van der Waals surface area contributed by atoms with E-state index in [0.29, 0.717) is 26.2 Å². The first-order chi connectivity index (χ1) is 12.2. The molecule has 0 radical (unpaired) electrons. The number of β-amino-alcohol motifs (C(OH)–C–C–N with tert-alkyl or cyclic N) is 1. The summed E-state index contributed by atoms with van der Waals surface area (Å²) in [6.45, 7) is 2.04. The lowest BCUT2D eigenvalue weighted by Gasteiger charge is -2.44. The van der Waals surface area contributed by atoms with Gasteiger partial charge in [0.05, 0.1) is 37.9 Å². The van der Waals surface area contributed by atoms with Gasteiger partial charge in [-0.15, -0.1) is 0 Å². The quantitative estimate of drug-likeness (QED) is 0.815. The molecule has 3 rings (SSSR count). The van der Waals surface area contributed by atoms with Crippen molar-refractivity contribution >= 4 is 5.91 Å². The van der Waals surface area contributed by atoms with E-state index in [1.807, 2.05) is 12.1 Å². The number of hydrogen-bond acceptors (Lipinski definition) is 6. The fraction of sp³-hybridized carbons (Fsp3) is 0.667. The van der Waals surface area contributed by atoms with Crippen LogP contribution in [0.3, 0.4) is 0 Å². The van der Waals surface area contributed by atoms with Gasteiger partial charge in [-0.1, -0.05) is 0 Å². The number of pyridine rings is 1. The molecule has 1 aromatic rings. The number of amides is 1. The first-order valence-electron chi connectivity index (χ1n) is 8.90. The van der Waals surface area contributed by atoms with Crippen LogP contribution in [0.2, 0.25) is 0 Å². The van der Waals surface area contributed by atoms with Gasteiger partial charge < -0.3 is 19.9 Å². The molecule has 0 aromatic carbocycles. The van der Waals surface area contributed by atoms with E-state index in [1.165, 1.54) is 0 Å². The van der Waals surface area contributed by atoms with Crippen LogP contribution in [0.4, 0.5) is 0 Å². The molecule has 1 amide bonds. The number of nitrogens with one attached hydrogen (secondary N) is 1. The highest BCUT2D eigenvalue weighted by Gasteiger charge is 2.37. The van der Waals surface area contributed by atoms with E-state index >= 15 is 0 Å². The maximum Gasteiger partial charge on any atom is 0.222 e. The van der Waals surface area contributed by atoms with Gasteiger partial charge in [0.2, 0.25) is 5.91 Å². The number of aromatic nitrogens is 1. The lowest BCUT2D eigenvalue weighted by molar-refractivity contribution is -0.158. The Morgan fingerprint density at radius 3 is 2.92 bits per heavy atom. The lowest BCUT2D eigenvalue weighted by atomic mass is 9.94. The van der Waals surface area contributed by atoms with Crippen LogP contribution < -0.4 is 5.32 Å². The van der Waals surface area contributed by atoms with E-state index < -0.39 is 6.10 Å². The molecule has 0 bridgehead atoms. The molecule has 0 spiro atoms. The van der Waals surface area contributed by atoms with E-state index in [0.717, 1.165) is 24.9 Å². The van der Waals surface area contributed by atoms with Gasteiger partial charge in [-0.05, 0) is 30.5 Å². The van der Waals surface area contributed by atoms with Crippen molar-refractivity contribution in [2.24, 2.45) is 0 Å². The smallest absolute Gasteiger partial charge is 0.222 e. The monoisotopic (exact) mass is 349 g/mol. The molecular weight excluding hydrogens is 322 g/mol. The van der Waals surface area contributed by atoms with Crippen molar-refractivity contribution in [1.29, 1.82) is 0 Å². The van der Waals surface area contributed by atoms with Gasteiger partial charge in [0.25, 0.3) is 0 Å². The summed E-state index contributed by atoms with van der Waals surface area (Å²) in [5.74, 6) is -0.000670. The van der Waals surface area contributed by atoms with Gasteiger partial charge >= 0.3 is 0 Å². The van der Waals surface area contributed by atoms with Crippen molar-refractivity contribution in [3.63, 3.8) is 0 Å². The summed E-state index contributed by atoms with van der Waals surface area (Å²) in [6, 6.07) is 4.16. The summed E-state index contributed by atoms with van der Waals surface area (Å²) in [5, 5.41) is 12.8. The molecule has 0 unspecified atom stereocenters. The standard InChI is InChI=1S/C18H27N3O4/c1-19-18(23)8-15-2-3-16-17(25-15)12-24-11-14(22)10-21(16)9-13-4-6-20-7-5-13/h4-7,14-17,22H,2-3,8-12H2,1H3,(H,19,23)/t14-,15+,16-,17+/m0/s1. The second-order valence-electron chi connectivity index (χ2n) is 6.79. The summed E-state index contributed by atoms with van der Waals surface area (Å²) in [7, 11) is 1.64. The van der Waals surface area contributed by atoms with E-state index in [2.05, 4.69) is 15.2 Å². The summed E-state index contributed by atoms with van der Waals surface area (Å²) < 4.78 is 11.8. The highest BCUT2D eigenvalue weighted by molar-refractivity contribution is 5.76. The molecule has 7 nitrogen and oxygen atoms in total.